The second-order valence-electron chi connectivity index (χ2n) is 4.30. The van der Waals surface area contributed by atoms with Crippen LogP contribution in [0.5, 0.6) is 0 Å². The van der Waals surface area contributed by atoms with Gasteiger partial charge in [0.15, 0.2) is 0 Å². The number of hydrogen-bond donors (Lipinski definition) is 1. The SMILES string of the molecule is O=C(O)C1CCN(C(=O)CCc2ccsc2)C1. The van der Waals surface area contributed by atoms with Crippen LogP contribution in [0.2, 0.25) is 0 Å². The van der Waals surface area contributed by atoms with Crippen LogP contribution in [0.25, 0.3) is 0 Å². The number of amides is 1. The lowest BCUT2D eigenvalue weighted by molar-refractivity contribution is -0.141. The van der Waals surface area contributed by atoms with Crippen molar-refractivity contribution >= 4 is 23.2 Å². The summed E-state index contributed by atoms with van der Waals surface area (Å²) in [6.07, 6.45) is 1.80. The first kappa shape index (κ1) is 12.1. The summed E-state index contributed by atoms with van der Waals surface area (Å²) in [6.45, 7) is 0.956. The Morgan fingerprint density at radius 1 is 1.53 bits per heavy atom. The molecule has 17 heavy (non-hydrogen) atoms. The molecular formula is C12H15NO3S. The molecule has 1 aliphatic rings. The van der Waals surface area contributed by atoms with Crippen LogP contribution in [0.3, 0.4) is 0 Å². The number of carboxylic acids is 1. The van der Waals surface area contributed by atoms with E-state index in [1.807, 2.05) is 16.8 Å². The molecule has 1 atom stereocenters. The Morgan fingerprint density at radius 3 is 2.94 bits per heavy atom. The molecule has 4 nitrogen and oxygen atoms in total. The minimum absolute atomic E-state index is 0.0694. The molecule has 1 aromatic heterocycles. The zero-order valence-electron chi connectivity index (χ0n) is 9.46. The molecule has 0 bridgehead atoms. The predicted octanol–water partition coefficient (Wildman–Crippen LogP) is 1.61. The fraction of sp³-hybridized carbons (Fsp3) is 0.500. The fourth-order valence-corrected chi connectivity index (χ4v) is 2.74. The lowest BCUT2D eigenvalue weighted by Gasteiger charge is -2.15. The van der Waals surface area contributed by atoms with E-state index in [0.717, 1.165) is 6.42 Å². The van der Waals surface area contributed by atoms with Crippen LogP contribution in [0.1, 0.15) is 18.4 Å². The maximum absolute atomic E-state index is 11.8. The van der Waals surface area contributed by atoms with Gasteiger partial charge in [-0.05, 0) is 35.2 Å². The van der Waals surface area contributed by atoms with Crippen molar-refractivity contribution in [1.29, 1.82) is 0 Å². The average molecular weight is 253 g/mol. The third-order valence-electron chi connectivity index (χ3n) is 3.10. The van der Waals surface area contributed by atoms with Gasteiger partial charge in [0.2, 0.25) is 5.91 Å². The maximum Gasteiger partial charge on any atom is 0.308 e. The van der Waals surface area contributed by atoms with Crippen LogP contribution in [0.4, 0.5) is 0 Å². The van der Waals surface area contributed by atoms with Crippen molar-refractivity contribution in [3.05, 3.63) is 22.4 Å². The van der Waals surface area contributed by atoms with E-state index in [4.69, 9.17) is 5.11 Å². The Labute approximate surface area is 104 Å². The van der Waals surface area contributed by atoms with Crippen molar-refractivity contribution in [2.45, 2.75) is 19.3 Å². The Morgan fingerprint density at radius 2 is 2.35 bits per heavy atom. The van der Waals surface area contributed by atoms with Gasteiger partial charge in [-0.25, -0.2) is 0 Å². The van der Waals surface area contributed by atoms with Crippen LogP contribution < -0.4 is 0 Å². The van der Waals surface area contributed by atoms with Gasteiger partial charge in [0.25, 0.3) is 0 Å². The zero-order valence-corrected chi connectivity index (χ0v) is 10.3. The van der Waals surface area contributed by atoms with E-state index in [1.165, 1.54) is 5.56 Å². The average Bonchev–Trinajstić information content (AvgIpc) is 2.96. The number of nitrogens with zero attached hydrogens (tertiary/aromatic N) is 1. The summed E-state index contributed by atoms with van der Waals surface area (Å²) in [5.74, 6) is -1.10. The predicted molar refractivity (Wildman–Crippen MR) is 65.0 cm³/mol. The van der Waals surface area contributed by atoms with Crippen LogP contribution in [-0.2, 0) is 16.0 Å². The van der Waals surface area contributed by atoms with Crippen molar-refractivity contribution in [2.24, 2.45) is 5.92 Å². The molecule has 1 aromatic rings. The van der Waals surface area contributed by atoms with E-state index in [0.29, 0.717) is 25.9 Å². The number of rotatable bonds is 4. The lowest BCUT2D eigenvalue weighted by Crippen LogP contribution is -2.30. The number of thiophene rings is 1. The van der Waals surface area contributed by atoms with Crippen molar-refractivity contribution in [1.82, 2.24) is 4.90 Å². The number of carbonyl (C=O) groups is 2. The Bertz CT molecular complexity index is 402. The van der Waals surface area contributed by atoms with Crippen molar-refractivity contribution in [3.8, 4) is 0 Å². The first-order chi connectivity index (χ1) is 8.16. The van der Waals surface area contributed by atoms with Gasteiger partial charge in [-0.15, -0.1) is 0 Å². The highest BCUT2D eigenvalue weighted by molar-refractivity contribution is 7.07. The van der Waals surface area contributed by atoms with Crippen molar-refractivity contribution < 1.29 is 14.7 Å². The fourth-order valence-electron chi connectivity index (χ4n) is 2.03. The number of likely N-dealkylation sites (tertiary alicyclic amines) is 1. The first-order valence-corrected chi connectivity index (χ1v) is 6.63. The molecule has 1 N–H and O–H groups in total. The molecule has 0 aliphatic carbocycles. The molecule has 1 saturated heterocycles. The quantitative estimate of drug-likeness (QED) is 0.887. The molecule has 0 saturated carbocycles. The third-order valence-corrected chi connectivity index (χ3v) is 3.83. The molecule has 1 aliphatic heterocycles. The molecule has 1 amide bonds. The van der Waals surface area contributed by atoms with Gasteiger partial charge in [0.05, 0.1) is 5.92 Å². The van der Waals surface area contributed by atoms with Gasteiger partial charge in [0.1, 0.15) is 0 Å². The first-order valence-electron chi connectivity index (χ1n) is 5.68. The summed E-state index contributed by atoms with van der Waals surface area (Å²) >= 11 is 1.63. The highest BCUT2D eigenvalue weighted by atomic mass is 32.1. The topological polar surface area (TPSA) is 57.6 Å². The van der Waals surface area contributed by atoms with E-state index in [1.54, 1.807) is 16.2 Å². The number of aryl methyl sites for hydroxylation is 1. The molecule has 1 fully saturated rings. The zero-order chi connectivity index (χ0) is 12.3. The smallest absolute Gasteiger partial charge is 0.308 e. The van der Waals surface area contributed by atoms with Gasteiger partial charge < -0.3 is 10.0 Å². The van der Waals surface area contributed by atoms with E-state index in [9.17, 15) is 9.59 Å². The van der Waals surface area contributed by atoms with E-state index in [-0.39, 0.29) is 11.8 Å². The standard InChI is InChI=1S/C12H15NO3S/c14-11(2-1-9-4-6-17-8-9)13-5-3-10(7-13)12(15)16/h4,6,8,10H,1-3,5,7H2,(H,15,16). The lowest BCUT2D eigenvalue weighted by atomic mass is 10.1. The largest absolute Gasteiger partial charge is 0.481 e. The molecular weight excluding hydrogens is 238 g/mol. The van der Waals surface area contributed by atoms with Crippen molar-refractivity contribution in [2.75, 3.05) is 13.1 Å². The van der Waals surface area contributed by atoms with E-state index < -0.39 is 5.97 Å². The van der Waals surface area contributed by atoms with Gasteiger partial charge in [-0.3, -0.25) is 9.59 Å². The van der Waals surface area contributed by atoms with Gasteiger partial charge in [0, 0.05) is 19.5 Å². The maximum atomic E-state index is 11.8. The van der Waals surface area contributed by atoms with Crippen LogP contribution in [-0.4, -0.2) is 35.0 Å². The summed E-state index contributed by atoms with van der Waals surface area (Å²) in [7, 11) is 0. The number of hydrogen-bond acceptors (Lipinski definition) is 3. The van der Waals surface area contributed by atoms with Gasteiger partial charge >= 0.3 is 5.97 Å². The molecule has 1 unspecified atom stereocenters. The summed E-state index contributed by atoms with van der Waals surface area (Å²) in [5, 5.41) is 12.9. The molecule has 0 radical (unpaired) electrons. The molecule has 2 heterocycles. The number of aliphatic carboxylic acids is 1. The monoisotopic (exact) mass is 253 g/mol. The normalized spacial score (nSPS) is 19.5. The number of carboxylic acid groups (broad SMARTS) is 1. The third kappa shape index (κ3) is 3.06. The second kappa shape index (κ2) is 5.31. The highest BCUT2D eigenvalue weighted by Crippen LogP contribution is 2.18. The van der Waals surface area contributed by atoms with E-state index in [2.05, 4.69) is 0 Å². The summed E-state index contributed by atoms with van der Waals surface area (Å²) in [4.78, 5) is 24.3. The molecule has 2 rings (SSSR count). The molecule has 5 heteroatoms. The van der Waals surface area contributed by atoms with Gasteiger partial charge in [-0.2, -0.15) is 11.3 Å². The summed E-state index contributed by atoms with van der Waals surface area (Å²) in [5.41, 5.74) is 1.18. The molecule has 0 spiro atoms. The van der Waals surface area contributed by atoms with Crippen LogP contribution >= 0.6 is 11.3 Å². The Hall–Kier alpha value is -1.36. The molecule has 92 valence electrons. The molecule has 0 aromatic carbocycles. The minimum Gasteiger partial charge on any atom is -0.481 e. The van der Waals surface area contributed by atoms with Crippen LogP contribution in [0.15, 0.2) is 16.8 Å². The number of carbonyl (C=O) groups excluding carboxylic acids is 1. The van der Waals surface area contributed by atoms with E-state index >= 15 is 0 Å². The minimum atomic E-state index is -0.793. The van der Waals surface area contributed by atoms with Crippen molar-refractivity contribution in [3.63, 3.8) is 0 Å². The second-order valence-corrected chi connectivity index (χ2v) is 5.08. The summed E-state index contributed by atoms with van der Waals surface area (Å²) in [6, 6.07) is 2.02. The Balaban J connectivity index is 1.79. The highest BCUT2D eigenvalue weighted by Gasteiger charge is 2.30. The van der Waals surface area contributed by atoms with Gasteiger partial charge in [-0.1, -0.05) is 0 Å². The Kier molecular flexibility index (Phi) is 3.78. The summed E-state index contributed by atoms with van der Waals surface area (Å²) < 4.78 is 0. The van der Waals surface area contributed by atoms with Crippen LogP contribution in [0, 0.1) is 5.92 Å².